The first kappa shape index (κ1) is 9.07. The van der Waals surface area contributed by atoms with Gasteiger partial charge < -0.3 is 0 Å². The molecule has 0 radical (unpaired) electrons. The number of allylic oxidation sites excluding steroid dienone is 2. The van der Waals surface area contributed by atoms with Crippen LogP contribution >= 0.6 is 19.1 Å². The van der Waals surface area contributed by atoms with Gasteiger partial charge in [-0.1, -0.05) is 29.8 Å². The maximum Gasteiger partial charge on any atom is 0.0334 e. The summed E-state index contributed by atoms with van der Waals surface area (Å²) in [7, 11) is -0.375. The van der Waals surface area contributed by atoms with Gasteiger partial charge in [0.2, 0.25) is 0 Å². The summed E-state index contributed by atoms with van der Waals surface area (Å²) in [6, 6.07) is 0. The lowest BCUT2D eigenvalue weighted by Gasteiger charge is -1.87. The molecule has 1 unspecified atom stereocenters. The Kier molecular flexibility index (Phi) is 4.94. The third-order valence-corrected chi connectivity index (χ3v) is 2.71. The Labute approximate surface area is 62.6 Å². The molecule has 0 aliphatic carbocycles. The van der Waals surface area contributed by atoms with Gasteiger partial charge in [0.1, 0.15) is 0 Å². The number of halogens is 1. The van der Waals surface area contributed by atoms with Crippen molar-refractivity contribution >= 4 is 24.9 Å². The zero-order valence-corrected chi connectivity index (χ0v) is 7.57. The molecule has 2 heteroatoms. The fraction of sp³-hybridized carbons (Fsp3) is 0.286. The van der Waals surface area contributed by atoms with Crippen molar-refractivity contribution in [2.24, 2.45) is 0 Å². The normalized spacial score (nSPS) is 14.6. The molecule has 9 heavy (non-hydrogen) atoms. The average Bonchev–Trinajstić information content (AvgIpc) is 1.83. The van der Waals surface area contributed by atoms with Crippen molar-refractivity contribution in [1.82, 2.24) is 0 Å². The van der Waals surface area contributed by atoms with E-state index in [2.05, 4.69) is 31.8 Å². The molecule has 0 saturated heterocycles. The lowest BCUT2D eigenvalue weighted by molar-refractivity contribution is 2.00. The van der Waals surface area contributed by atoms with Crippen LogP contribution in [0.5, 0.6) is 0 Å². The molecule has 0 rings (SSSR count). The molecular weight excluding hydrogens is 151 g/mol. The van der Waals surface area contributed by atoms with Crippen LogP contribution in [0.25, 0.3) is 0 Å². The Morgan fingerprint density at radius 2 is 2.22 bits per heavy atom. The summed E-state index contributed by atoms with van der Waals surface area (Å²) in [5, 5.41) is 0.612. The first-order valence-corrected chi connectivity index (χ1v) is 5.35. The number of hydrogen-bond acceptors (Lipinski definition) is 0. The number of rotatable bonds is 2. The van der Waals surface area contributed by atoms with Crippen LogP contribution in [0.2, 0.25) is 0 Å². The largest absolute Gasteiger partial charge is 0.104 e. The second kappa shape index (κ2) is 4.90. The highest BCUT2D eigenvalue weighted by Crippen LogP contribution is 2.18. The fourth-order valence-corrected chi connectivity index (χ4v) is 1.14. The summed E-state index contributed by atoms with van der Waals surface area (Å²) in [6.07, 6.45) is 1.86. The SMILES string of the molecule is C=C(Cl)/C=C\[PH](C)=C/C. The van der Waals surface area contributed by atoms with Crippen LogP contribution in [0.1, 0.15) is 6.92 Å². The molecule has 0 fully saturated rings. The van der Waals surface area contributed by atoms with Gasteiger partial charge in [-0.15, -0.1) is 7.55 Å². The maximum absolute atomic E-state index is 5.50. The van der Waals surface area contributed by atoms with Crippen LogP contribution in [0.3, 0.4) is 0 Å². The Hall–Kier alpha value is 0.0700. The second-order valence-electron chi connectivity index (χ2n) is 1.81. The predicted molar refractivity (Wildman–Crippen MR) is 50.1 cm³/mol. The Morgan fingerprint density at radius 3 is 2.56 bits per heavy atom. The van der Waals surface area contributed by atoms with E-state index in [4.69, 9.17) is 11.6 Å². The van der Waals surface area contributed by atoms with Crippen LogP contribution in [0.15, 0.2) is 23.5 Å². The van der Waals surface area contributed by atoms with Crippen LogP contribution < -0.4 is 0 Å². The van der Waals surface area contributed by atoms with Crippen molar-refractivity contribution in [1.29, 1.82) is 0 Å². The van der Waals surface area contributed by atoms with Gasteiger partial charge in [0.05, 0.1) is 0 Å². The average molecular weight is 163 g/mol. The van der Waals surface area contributed by atoms with Gasteiger partial charge in [0, 0.05) is 5.03 Å². The quantitative estimate of drug-likeness (QED) is 0.433. The highest BCUT2D eigenvalue weighted by molar-refractivity contribution is 7.59. The molecule has 0 aromatic carbocycles. The van der Waals surface area contributed by atoms with E-state index in [1.165, 1.54) is 0 Å². The van der Waals surface area contributed by atoms with Gasteiger partial charge in [-0.3, -0.25) is 0 Å². The highest BCUT2D eigenvalue weighted by atomic mass is 35.5. The Bertz CT molecular complexity index is 156. The molecule has 0 heterocycles. The third-order valence-electron chi connectivity index (χ3n) is 0.982. The van der Waals surface area contributed by atoms with Gasteiger partial charge in [-0.2, -0.15) is 0 Å². The molecule has 0 aliphatic heterocycles. The van der Waals surface area contributed by atoms with Crippen molar-refractivity contribution in [3.63, 3.8) is 0 Å². The van der Waals surface area contributed by atoms with E-state index in [1.807, 2.05) is 6.08 Å². The standard InChI is InChI=1S/C7H12ClP/c1-4-9(3)6-5-7(2)8/h4-6,9H,2H2,1,3H3/b6-5-. The van der Waals surface area contributed by atoms with Crippen molar-refractivity contribution < 1.29 is 0 Å². The molecular formula is C7H12ClP. The minimum Gasteiger partial charge on any atom is -0.104 e. The van der Waals surface area contributed by atoms with Crippen molar-refractivity contribution in [3.8, 4) is 0 Å². The first-order valence-electron chi connectivity index (χ1n) is 2.82. The highest BCUT2D eigenvalue weighted by Gasteiger charge is 1.76. The lowest BCUT2D eigenvalue weighted by atomic mass is 10.6. The summed E-state index contributed by atoms with van der Waals surface area (Å²) >= 11 is 5.50. The summed E-state index contributed by atoms with van der Waals surface area (Å²) < 4.78 is 0. The van der Waals surface area contributed by atoms with Crippen molar-refractivity contribution in [2.45, 2.75) is 6.92 Å². The van der Waals surface area contributed by atoms with E-state index in [9.17, 15) is 0 Å². The lowest BCUT2D eigenvalue weighted by Crippen LogP contribution is -1.57. The summed E-state index contributed by atoms with van der Waals surface area (Å²) in [6.45, 7) is 7.80. The Morgan fingerprint density at radius 1 is 1.67 bits per heavy atom. The second-order valence-corrected chi connectivity index (χ2v) is 4.70. The van der Waals surface area contributed by atoms with Crippen LogP contribution in [0.4, 0.5) is 0 Å². The van der Waals surface area contributed by atoms with Crippen molar-refractivity contribution in [2.75, 3.05) is 6.66 Å². The number of hydrogen-bond donors (Lipinski definition) is 0. The minimum absolute atomic E-state index is 0.375. The van der Waals surface area contributed by atoms with Gasteiger partial charge in [-0.05, 0) is 19.7 Å². The van der Waals surface area contributed by atoms with Crippen LogP contribution in [-0.2, 0) is 0 Å². The Balaban J connectivity index is 3.86. The van der Waals surface area contributed by atoms with E-state index in [1.54, 1.807) is 0 Å². The maximum atomic E-state index is 5.50. The minimum atomic E-state index is -0.375. The first-order chi connectivity index (χ1) is 4.16. The summed E-state index contributed by atoms with van der Waals surface area (Å²) in [5.74, 6) is 4.31. The van der Waals surface area contributed by atoms with E-state index < -0.39 is 0 Å². The molecule has 0 spiro atoms. The van der Waals surface area contributed by atoms with Gasteiger partial charge >= 0.3 is 0 Å². The predicted octanol–water partition coefficient (Wildman–Crippen LogP) is 2.92. The smallest absolute Gasteiger partial charge is 0.0334 e. The molecule has 0 N–H and O–H groups in total. The van der Waals surface area contributed by atoms with Gasteiger partial charge in [0.15, 0.2) is 0 Å². The topological polar surface area (TPSA) is 0 Å². The zero-order valence-electron chi connectivity index (χ0n) is 5.82. The molecule has 0 aliphatic rings. The fourth-order valence-electron chi connectivity index (χ4n) is 0.318. The van der Waals surface area contributed by atoms with Gasteiger partial charge in [-0.25, -0.2) is 0 Å². The molecule has 0 nitrogen and oxygen atoms in total. The monoisotopic (exact) mass is 162 g/mol. The summed E-state index contributed by atoms with van der Waals surface area (Å²) in [5.41, 5.74) is 0. The molecule has 0 saturated carbocycles. The molecule has 1 atom stereocenters. The van der Waals surface area contributed by atoms with E-state index in [0.717, 1.165) is 0 Å². The zero-order chi connectivity index (χ0) is 7.28. The van der Waals surface area contributed by atoms with Crippen LogP contribution in [-0.4, -0.2) is 12.5 Å². The van der Waals surface area contributed by atoms with Crippen LogP contribution in [0, 0.1) is 0 Å². The van der Waals surface area contributed by atoms with Crippen molar-refractivity contribution in [3.05, 3.63) is 23.5 Å². The van der Waals surface area contributed by atoms with E-state index >= 15 is 0 Å². The van der Waals surface area contributed by atoms with E-state index in [0.29, 0.717) is 5.03 Å². The van der Waals surface area contributed by atoms with E-state index in [-0.39, 0.29) is 7.55 Å². The summed E-state index contributed by atoms with van der Waals surface area (Å²) in [4.78, 5) is 0. The molecule has 0 aromatic rings. The molecule has 0 aromatic heterocycles. The molecule has 0 amide bonds. The van der Waals surface area contributed by atoms with Gasteiger partial charge in [0.25, 0.3) is 0 Å². The third kappa shape index (κ3) is 5.95. The molecule has 52 valence electrons. The molecule has 0 bridgehead atoms.